The number of rotatable bonds is 4. The molecule has 6 heteroatoms. The molecule has 0 aromatic heterocycles. The summed E-state index contributed by atoms with van der Waals surface area (Å²) in [5.74, 6) is 0. The molecule has 2 amide bonds. The summed E-state index contributed by atoms with van der Waals surface area (Å²) >= 11 is 0. The zero-order chi connectivity index (χ0) is 13.0. The summed E-state index contributed by atoms with van der Waals surface area (Å²) in [5.41, 5.74) is -0.979. The van der Waals surface area contributed by atoms with Crippen LogP contribution in [0, 0.1) is 5.41 Å². The van der Waals surface area contributed by atoms with Crippen LogP contribution in [0.2, 0.25) is 0 Å². The highest BCUT2D eigenvalue weighted by Crippen LogP contribution is 2.32. The van der Waals surface area contributed by atoms with Gasteiger partial charge in [0.15, 0.2) is 0 Å². The van der Waals surface area contributed by atoms with Gasteiger partial charge in [-0.15, -0.1) is 0 Å². The molecule has 0 heterocycles. The van der Waals surface area contributed by atoms with Gasteiger partial charge in [-0.1, -0.05) is 20.8 Å². The van der Waals surface area contributed by atoms with Crippen LogP contribution in [0.4, 0.5) is 9.59 Å². The molecule has 0 aliphatic heterocycles. The SMILES string of the molecule is CC(C)(C)C(C)(CCNC(=O)O)NC(=O)O. The van der Waals surface area contributed by atoms with Gasteiger partial charge >= 0.3 is 12.2 Å². The Morgan fingerprint density at radius 2 is 1.56 bits per heavy atom. The van der Waals surface area contributed by atoms with Crippen molar-refractivity contribution in [1.29, 1.82) is 0 Å². The molecular formula is C10H20N2O4. The van der Waals surface area contributed by atoms with E-state index in [4.69, 9.17) is 10.2 Å². The van der Waals surface area contributed by atoms with Crippen molar-refractivity contribution in [2.75, 3.05) is 6.54 Å². The maximum Gasteiger partial charge on any atom is 0.405 e. The Balaban J connectivity index is 4.55. The van der Waals surface area contributed by atoms with E-state index in [9.17, 15) is 9.59 Å². The summed E-state index contributed by atoms with van der Waals surface area (Å²) in [6.07, 6.45) is -1.81. The molecule has 94 valence electrons. The van der Waals surface area contributed by atoms with Gasteiger partial charge in [0.05, 0.1) is 0 Å². The summed E-state index contributed by atoms with van der Waals surface area (Å²) in [4.78, 5) is 21.0. The highest BCUT2D eigenvalue weighted by molar-refractivity contribution is 5.66. The zero-order valence-corrected chi connectivity index (χ0v) is 10.1. The van der Waals surface area contributed by atoms with Gasteiger partial charge in [-0.2, -0.15) is 0 Å². The van der Waals surface area contributed by atoms with Gasteiger partial charge < -0.3 is 20.8 Å². The topological polar surface area (TPSA) is 98.7 Å². The average molecular weight is 232 g/mol. The molecule has 0 aromatic rings. The molecule has 1 unspecified atom stereocenters. The van der Waals surface area contributed by atoms with Gasteiger partial charge in [-0.25, -0.2) is 9.59 Å². The van der Waals surface area contributed by atoms with Gasteiger partial charge in [-0.05, 0) is 18.8 Å². The third-order valence-electron chi connectivity index (χ3n) is 2.94. The molecule has 0 bridgehead atoms. The van der Waals surface area contributed by atoms with Gasteiger partial charge in [0.25, 0.3) is 0 Å². The van der Waals surface area contributed by atoms with Crippen molar-refractivity contribution in [2.24, 2.45) is 5.41 Å². The first-order valence-corrected chi connectivity index (χ1v) is 5.06. The molecule has 1 atom stereocenters. The van der Waals surface area contributed by atoms with Crippen molar-refractivity contribution in [2.45, 2.75) is 39.7 Å². The first kappa shape index (κ1) is 14.5. The Labute approximate surface area is 95.0 Å². The first-order chi connectivity index (χ1) is 7.08. The molecule has 0 aliphatic rings. The van der Waals surface area contributed by atoms with Crippen molar-refractivity contribution in [3.63, 3.8) is 0 Å². The first-order valence-electron chi connectivity index (χ1n) is 5.06. The smallest absolute Gasteiger partial charge is 0.405 e. The minimum Gasteiger partial charge on any atom is -0.465 e. The number of carbonyl (C=O) groups is 2. The second kappa shape index (κ2) is 5.05. The third-order valence-corrected chi connectivity index (χ3v) is 2.94. The maximum absolute atomic E-state index is 10.7. The standard InChI is InChI=1S/C10H20N2O4/c1-9(2,3)10(4,12-8(15)16)5-6-11-7(13)14/h11-12H,5-6H2,1-4H3,(H,13,14)(H,15,16). The number of hydrogen-bond donors (Lipinski definition) is 4. The molecule has 0 aromatic carbocycles. The minimum atomic E-state index is -1.11. The van der Waals surface area contributed by atoms with Crippen LogP contribution in [0.3, 0.4) is 0 Å². The van der Waals surface area contributed by atoms with E-state index in [1.807, 2.05) is 20.8 Å². The fourth-order valence-corrected chi connectivity index (χ4v) is 1.28. The molecule has 6 nitrogen and oxygen atoms in total. The number of carboxylic acid groups (broad SMARTS) is 2. The second-order valence-electron chi connectivity index (χ2n) is 4.99. The molecule has 0 aliphatic carbocycles. The summed E-state index contributed by atoms with van der Waals surface area (Å²) in [5, 5.41) is 21.9. The van der Waals surface area contributed by atoms with Gasteiger partial charge in [0.1, 0.15) is 0 Å². The van der Waals surface area contributed by atoms with E-state index in [0.29, 0.717) is 6.42 Å². The van der Waals surface area contributed by atoms with Crippen LogP contribution in [-0.2, 0) is 0 Å². The second-order valence-corrected chi connectivity index (χ2v) is 4.99. The number of amides is 2. The van der Waals surface area contributed by atoms with Crippen molar-refractivity contribution in [1.82, 2.24) is 10.6 Å². The maximum atomic E-state index is 10.7. The lowest BCUT2D eigenvalue weighted by Crippen LogP contribution is -2.55. The Hall–Kier alpha value is -1.46. The van der Waals surface area contributed by atoms with Gasteiger partial charge in [0.2, 0.25) is 0 Å². The van der Waals surface area contributed by atoms with Crippen LogP contribution in [0.15, 0.2) is 0 Å². The fraction of sp³-hybridized carbons (Fsp3) is 0.800. The van der Waals surface area contributed by atoms with E-state index < -0.39 is 17.7 Å². The fourth-order valence-electron chi connectivity index (χ4n) is 1.28. The molecule has 0 radical (unpaired) electrons. The Kier molecular flexibility index (Phi) is 4.59. The quantitative estimate of drug-likeness (QED) is 0.593. The van der Waals surface area contributed by atoms with Crippen molar-refractivity contribution >= 4 is 12.2 Å². The van der Waals surface area contributed by atoms with E-state index in [-0.39, 0.29) is 12.0 Å². The van der Waals surface area contributed by atoms with E-state index in [1.54, 1.807) is 6.92 Å². The largest absolute Gasteiger partial charge is 0.465 e. The highest BCUT2D eigenvalue weighted by atomic mass is 16.4. The third kappa shape index (κ3) is 4.37. The van der Waals surface area contributed by atoms with Crippen LogP contribution in [0.5, 0.6) is 0 Å². The van der Waals surface area contributed by atoms with Crippen LogP contribution in [-0.4, -0.2) is 34.5 Å². The Morgan fingerprint density at radius 1 is 1.06 bits per heavy atom. The molecule has 16 heavy (non-hydrogen) atoms. The molecular weight excluding hydrogens is 212 g/mol. The van der Waals surface area contributed by atoms with Crippen molar-refractivity contribution < 1.29 is 19.8 Å². The van der Waals surface area contributed by atoms with Crippen LogP contribution in [0.1, 0.15) is 34.1 Å². The lowest BCUT2D eigenvalue weighted by molar-refractivity contribution is 0.123. The number of nitrogens with one attached hydrogen (secondary N) is 2. The normalized spacial score (nSPS) is 15.0. The Morgan fingerprint density at radius 3 is 1.88 bits per heavy atom. The molecule has 0 rings (SSSR count). The van der Waals surface area contributed by atoms with E-state index in [0.717, 1.165) is 0 Å². The lowest BCUT2D eigenvalue weighted by Gasteiger charge is -2.41. The summed E-state index contributed by atoms with van der Waals surface area (Å²) in [6.45, 7) is 7.70. The zero-order valence-electron chi connectivity index (χ0n) is 10.1. The molecule has 4 N–H and O–H groups in total. The monoisotopic (exact) mass is 232 g/mol. The molecule has 0 spiro atoms. The predicted molar refractivity (Wildman–Crippen MR) is 59.7 cm³/mol. The van der Waals surface area contributed by atoms with Gasteiger partial charge in [0, 0.05) is 12.1 Å². The Bertz CT molecular complexity index is 272. The van der Waals surface area contributed by atoms with E-state index in [1.165, 1.54) is 0 Å². The van der Waals surface area contributed by atoms with Crippen LogP contribution < -0.4 is 10.6 Å². The minimum absolute atomic E-state index is 0.212. The van der Waals surface area contributed by atoms with Crippen LogP contribution >= 0.6 is 0 Å². The predicted octanol–water partition coefficient (Wildman–Crippen LogP) is 1.72. The van der Waals surface area contributed by atoms with E-state index >= 15 is 0 Å². The average Bonchev–Trinajstić information content (AvgIpc) is 1.99. The van der Waals surface area contributed by atoms with Crippen molar-refractivity contribution in [3.8, 4) is 0 Å². The summed E-state index contributed by atoms with van der Waals surface area (Å²) in [7, 11) is 0. The van der Waals surface area contributed by atoms with Gasteiger partial charge in [-0.3, -0.25) is 0 Å². The number of hydrogen-bond acceptors (Lipinski definition) is 2. The summed E-state index contributed by atoms with van der Waals surface area (Å²) in [6, 6.07) is 0. The van der Waals surface area contributed by atoms with Crippen LogP contribution in [0.25, 0.3) is 0 Å². The summed E-state index contributed by atoms with van der Waals surface area (Å²) < 4.78 is 0. The lowest BCUT2D eigenvalue weighted by atomic mass is 9.73. The highest BCUT2D eigenvalue weighted by Gasteiger charge is 2.38. The molecule has 0 saturated carbocycles. The molecule has 0 saturated heterocycles. The van der Waals surface area contributed by atoms with Crippen molar-refractivity contribution in [3.05, 3.63) is 0 Å². The van der Waals surface area contributed by atoms with E-state index in [2.05, 4.69) is 10.6 Å². The molecule has 0 fully saturated rings.